The molecule has 1 aromatic carbocycles. The average molecular weight is 392 g/mol. The Kier molecular flexibility index (Phi) is 4.82. The summed E-state index contributed by atoms with van der Waals surface area (Å²) in [6.07, 6.45) is 5.24. The molecule has 3 aliphatic rings. The largest absolute Gasteiger partial charge is 0.495 e. The lowest BCUT2D eigenvalue weighted by Crippen LogP contribution is -2.68. The normalized spacial score (nSPS) is 26.3. The van der Waals surface area contributed by atoms with E-state index in [1.54, 1.807) is 29.4 Å². The number of carbonyl (C=O) groups excluding carboxylic acids is 2. The van der Waals surface area contributed by atoms with Gasteiger partial charge in [0.1, 0.15) is 18.6 Å². The quantitative estimate of drug-likeness (QED) is 0.814. The molecule has 3 unspecified atom stereocenters. The predicted molar refractivity (Wildman–Crippen MR) is 102 cm³/mol. The number of nitrogens with one attached hydrogen (secondary N) is 2. The third kappa shape index (κ3) is 3.29. The topological polar surface area (TPSA) is 86.3 Å². The zero-order valence-corrected chi connectivity index (χ0v) is 15.8. The number of piperazine rings is 1. The van der Waals surface area contributed by atoms with Crippen LogP contribution in [0.2, 0.25) is 5.02 Å². The standard InChI is InChI=1S/C18H22ClN5O3/c1-27-15-7-6-11(19)8-12(15)21-16(25)9-23-13-4-2-3-5-14(13)24-10-20-22-17(24)18(23)26/h6-8,10,13-14,17,22H,2-5,9H2,1H3,(H,21,25). The number of benzene rings is 1. The third-order valence-corrected chi connectivity index (χ3v) is 5.66. The van der Waals surface area contributed by atoms with E-state index in [0.29, 0.717) is 16.5 Å². The van der Waals surface area contributed by atoms with Crippen LogP contribution in [0.3, 0.4) is 0 Å². The predicted octanol–water partition coefficient (Wildman–Crippen LogP) is 1.62. The van der Waals surface area contributed by atoms with Crippen molar-refractivity contribution >= 4 is 35.4 Å². The molecule has 1 saturated carbocycles. The molecule has 0 bridgehead atoms. The number of methoxy groups -OCH3 is 1. The summed E-state index contributed by atoms with van der Waals surface area (Å²) in [7, 11) is 1.53. The lowest BCUT2D eigenvalue weighted by atomic mass is 9.85. The van der Waals surface area contributed by atoms with Crippen LogP contribution < -0.4 is 15.5 Å². The molecule has 2 heterocycles. The first-order valence-electron chi connectivity index (χ1n) is 9.08. The maximum absolute atomic E-state index is 12.9. The first kappa shape index (κ1) is 17.9. The van der Waals surface area contributed by atoms with Crippen molar-refractivity contribution in [2.24, 2.45) is 5.10 Å². The highest BCUT2D eigenvalue weighted by molar-refractivity contribution is 6.31. The van der Waals surface area contributed by atoms with Crippen molar-refractivity contribution in [3.05, 3.63) is 23.2 Å². The molecule has 3 atom stereocenters. The summed E-state index contributed by atoms with van der Waals surface area (Å²) in [6, 6.07) is 5.22. The van der Waals surface area contributed by atoms with Crippen molar-refractivity contribution in [1.82, 2.24) is 15.2 Å². The van der Waals surface area contributed by atoms with E-state index in [1.807, 2.05) is 4.90 Å². The number of ether oxygens (including phenoxy) is 1. The lowest BCUT2D eigenvalue weighted by Gasteiger charge is -2.50. The Balaban J connectivity index is 1.51. The van der Waals surface area contributed by atoms with Crippen LogP contribution in [-0.4, -0.2) is 59.9 Å². The number of hydrazone groups is 1. The smallest absolute Gasteiger partial charge is 0.268 e. The van der Waals surface area contributed by atoms with Crippen LogP contribution in [0, 0.1) is 0 Å². The van der Waals surface area contributed by atoms with E-state index in [4.69, 9.17) is 16.3 Å². The minimum atomic E-state index is -0.516. The Hall–Kier alpha value is -2.48. The van der Waals surface area contributed by atoms with Gasteiger partial charge in [0, 0.05) is 5.02 Å². The van der Waals surface area contributed by atoms with E-state index in [-0.39, 0.29) is 30.4 Å². The first-order valence-corrected chi connectivity index (χ1v) is 9.46. The number of anilines is 1. The van der Waals surface area contributed by atoms with Gasteiger partial charge in [-0.25, -0.2) is 0 Å². The van der Waals surface area contributed by atoms with Gasteiger partial charge in [-0.2, -0.15) is 5.10 Å². The molecule has 0 aromatic heterocycles. The Bertz CT molecular complexity index is 786. The summed E-state index contributed by atoms with van der Waals surface area (Å²) in [5.41, 5.74) is 3.34. The minimum Gasteiger partial charge on any atom is -0.495 e. The van der Waals surface area contributed by atoms with Gasteiger partial charge in [-0.05, 0) is 31.0 Å². The van der Waals surface area contributed by atoms with Gasteiger partial charge in [0.05, 0.1) is 24.9 Å². The Morgan fingerprint density at radius 1 is 1.37 bits per heavy atom. The number of hydrogen-bond acceptors (Lipinski definition) is 6. The SMILES string of the molecule is COc1ccc(Cl)cc1NC(=O)CN1C(=O)C2NN=CN2C2CCCCC21. The van der Waals surface area contributed by atoms with Crippen molar-refractivity contribution in [3.63, 3.8) is 0 Å². The van der Waals surface area contributed by atoms with Gasteiger partial charge in [-0.15, -0.1) is 0 Å². The van der Waals surface area contributed by atoms with Crippen molar-refractivity contribution < 1.29 is 14.3 Å². The van der Waals surface area contributed by atoms with Gasteiger partial charge in [0.2, 0.25) is 5.91 Å². The second kappa shape index (κ2) is 7.26. The number of halogens is 1. The van der Waals surface area contributed by atoms with E-state index < -0.39 is 6.17 Å². The first-order chi connectivity index (χ1) is 13.1. The number of rotatable bonds is 4. The molecule has 2 aliphatic heterocycles. The molecule has 2 fully saturated rings. The van der Waals surface area contributed by atoms with E-state index in [0.717, 1.165) is 25.7 Å². The maximum Gasteiger partial charge on any atom is 0.268 e. The summed E-state index contributed by atoms with van der Waals surface area (Å²) in [4.78, 5) is 29.3. The fraction of sp³-hybridized carbons (Fsp3) is 0.500. The van der Waals surface area contributed by atoms with E-state index >= 15 is 0 Å². The molecule has 9 heteroatoms. The van der Waals surface area contributed by atoms with E-state index in [9.17, 15) is 9.59 Å². The molecular formula is C18H22ClN5O3. The number of nitrogens with zero attached hydrogens (tertiary/aromatic N) is 3. The van der Waals surface area contributed by atoms with Gasteiger partial charge in [-0.3, -0.25) is 15.0 Å². The van der Waals surface area contributed by atoms with Crippen molar-refractivity contribution in [2.75, 3.05) is 19.0 Å². The zero-order chi connectivity index (χ0) is 19.0. The Morgan fingerprint density at radius 2 is 2.15 bits per heavy atom. The second-order valence-corrected chi connectivity index (χ2v) is 7.44. The molecule has 8 nitrogen and oxygen atoms in total. The van der Waals surface area contributed by atoms with Gasteiger partial charge in [0.25, 0.3) is 5.91 Å². The Morgan fingerprint density at radius 3 is 2.93 bits per heavy atom. The summed E-state index contributed by atoms with van der Waals surface area (Å²) in [5.74, 6) is 0.120. The highest BCUT2D eigenvalue weighted by Crippen LogP contribution is 2.33. The molecule has 0 radical (unpaired) electrons. The zero-order valence-electron chi connectivity index (χ0n) is 15.0. The molecule has 1 aliphatic carbocycles. The average Bonchev–Trinajstić information content (AvgIpc) is 3.15. The maximum atomic E-state index is 12.9. The summed E-state index contributed by atoms with van der Waals surface area (Å²) in [6.45, 7) is -0.0122. The van der Waals surface area contributed by atoms with Crippen LogP contribution in [0.15, 0.2) is 23.3 Å². The van der Waals surface area contributed by atoms with Crippen LogP contribution in [0.25, 0.3) is 0 Å². The number of amides is 2. The third-order valence-electron chi connectivity index (χ3n) is 5.43. The van der Waals surface area contributed by atoms with Crippen molar-refractivity contribution in [1.29, 1.82) is 0 Å². The van der Waals surface area contributed by atoms with Gasteiger partial charge >= 0.3 is 0 Å². The molecule has 2 N–H and O–H groups in total. The fourth-order valence-electron chi connectivity index (χ4n) is 4.20. The lowest BCUT2D eigenvalue weighted by molar-refractivity contribution is -0.151. The minimum absolute atomic E-state index is 0.0122. The van der Waals surface area contributed by atoms with Gasteiger partial charge in [0.15, 0.2) is 6.17 Å². The van der Waals surface area contributed by atoms with E-state index in [1.165, 1.54) is 7.11 Å². The van der Waals surface area contributed by atoms with Crippen molar-refractivity contribution in [2.45, 2.75) is 43.9 Å². The van der Waals surface area contributed by atoms with Crippen LogP contribution in [0.5, 0.6) is 5.75 Å². The Labute approximate surface area is 162 Å². The van der Waals surface area contributed by atoms with Crippen LogP contribution >= 0.6 is 11.6 Å². The second-order valence-electron chi connectivity index (χ2n) is 7.00. The number of carbonyl (C=O) groups is 2. The molecule has 144 valence electrons. The number of hydrogen-bond donors (Lipinski definition) is 2. The van der Waals surface area contributed by atoms with Crippen LogP contribution in [0.4, 0.5) is 5.69 Å². The molecular weight excluding hydrogens is 370 g/mol. The van der Waals surface area contributed by atoms with Crippen LogP contribution in [-0.2, 0) is 9.59 Å². The molecule has 2 amide bonds. The van der Waals surface area contributed by atoms with E-state index in [2.05, 4.69) is 15.8 Å². The monoisotopic (exact) mass is 391 g/mol. The van der Waals surface area contributed by atoms with Gasteiger partial charge < -0.3 is 19.9 Å². The van der Waals surface area contributed by atoms with Crippen molar-refractivity contribution in [3.8, 4) is 5.75 Å². The molecule has 27 heavy (non-hydrogen) atoms. The summed E-state index contributed by atoms with van der Waals surface area (Å²) >= 11 is 6.03. The summed E-state index contributed by atoms with van der Waals surface area (Å²) in [5, 5.41) is 7.37. The van der Waals surface area contributed by atoms with Crippen LogP contribution in [0.1, 0.15) is 25.7 Å². The molecule has 4 rings (SSSR count). The highest BCUT2D eigenvalue weighted by atomic mass is 35.5. The molecule has 0 spiro atoms. The van der Waals surface area contributed by atoms with Gasteiger partial charge in [-0.1, -0.05) is 24.4 Å². The summed E-state index contributed by atoms with van der Waals surface area (Å²) < 4.78 is 5.27. The fourth-order valence-corrected chi connectivity index (χ4v) is 4.38. The molecule has 1 aromatic rings. The highest BCUT2D eigenvalue weighted by Gasteiger charge is 2.48. The molecule has 1 saturated heterocycles. The number of fused-ring (bicyclic) bond motifs is 3.